The summed E-state index contributed by atoms with van der Waals surface area (Å²) in [6.07, 6.45) is 1.40. The van der Waals surface area contributed by atoms with Gasteiger partial charge in [0.15, 0.2) is 11.3 Å². The van der Waals surface area contributed by atoms with Crippen LogP contribution in [0.1, 0.15) is 28.0 Å². The van der Waals surface area contributed by atoms with Crippen LogP contribution in [0, 0.1) is 6.92 Å². The molecular formula is C24H21ClN4O6S. The van der Waals surface area contributed by atoms with E-state index in [4.69, 9.17) is 16.3 Å². The largest absolute Gasteiger partial charge is 0.495 e. The van der Waals surface area contributed by atoms with Crippen molar-refractivity contribution in [1.29, 1.82) is 0 Å². The molecule has 0 unspecified atom stereocenters. The monoisotopic (exact) mass is 528 g/mol. The Bertz CT molecular complexity index is 1710. The predicted molar refractivity (Wildman–Crippen MR) is 134 cm³/mol. The molecular weight excluding hydrogens is 508 g/mol. The molecule has 4 aromatic rings. The number of carboxylic acids is 1. The molecule has 0 amide bonds. The molecule has 1 aliphatic rings. The summed E-state index contributed by atoms with van der Waals surface area (Å²) in [5.41, 5.74) is 1.39. The van der Waals surface area contributed by atoms with Gasteiger partial charge in [0.1, 0.15) is 10.6 Å². The van der Waals surface area contributed by atoms with Crippen LogP contribution >= 0.6 is 11.6 Å². The number of anilines is 1. The van der Waals surface area contributed by atoms with Crippen molar-refractivity contribution in [2.24, 2.45) is 0 Å². The highest BCUT2D eigenvalue weighted by Gasteiger charge is 2.33. The molecule has 0 spiro atoms. The Kier molecular flexibility index (Phi) is 5.76. The number of fused-ring (bicyclic) bond motifs is 2. The van der Waals surface area contributed by atoms with Crippen LogP contribution in [-0.4, -0.2) is 47.7 Å². The van der Waals surface area contributed by atoms with E-state index < -0.39 is 21.7 Å². The molecule has 1 aliphatic heterocycles. The Morgan fingerprint density at radius 3 is 2.67 bits per heavy atom. The van der Waals surface area contributed by atoms with E-state index in [1.54, 1.807) is 19.1 Å². The van der Waals surface area contributed by atoms with Crippen molar-refractivity contribution >= 4 is 44.4 Å². The van der Waals surface area contributed by atoms with Crippen molar-refractivity contribution in [3.8, 4) is 11.4 Å². The van der Waals surface area contributed by atoms with Crippen molar-refractivity contribution in [2.75, 3.05) is 18.0 Å². The smallest absolute Gasteiger partial charge is 0.354 e. The lowest BCUT2D eigenvalue weighted by atomic mass is 10.0. The van der Waals surface area contributed by atoms with Crippen LogP contribution < -0.4 is 14.7 Å². The van der Waals surface area contributed by atoms with Gasteiger partial charge >= 0.3 is 11.7 Å². The molecule has 0 aliphatic carbocycles. The first-order chi connectivity index (χ1) is 17.1. The number of H-pyrrole nitrogens is 1. The molecule has 2 N–H and O–H groups in total. The summed E-state index contributed by atoms with van der Waals surface area (Å²) >= 11 is 6.50. The fourth-order valence-electron chi connectivity index (χ4n) is 4.49. The number of aromatic nitrogens is 3. The van der Waals surface area contributed by atoms with Gasteiger partial charge in [-0.05, 0) is 49.1 Å². The number of benzene rings is 2. The van der Waals surface area contributed by atoms with Gasteiger partial charge in [-0.3, -0.25) is 4.31 Å². The van der Waals surface area contributed by atoms with E-state index in [1.807, 2.05) is 12.1 Å². The average Bonchev–Trinajstić information content (AvgIpc) is 3.19. The molecule has 12 heteroatoms. The molecule has 2 aromatic carbocycles. The minimum atomic E-state index is -4.13. The van der Waals surface area contributed by atoms with Crippen molar-refractivity contribution < 1.29 is 23.1 Å². The average molecular weight is 529 g/mol. The Labute approximate surface area is 210 Å². The Hall–Kier alpha value is -3.83. The highest BCUT2D eigenvalue weighted by Crippen LogP contribution is 2.38. The second kappa shape index (κ2) is 8.68. The highest BCUT2D eigenvalue weighted by atomic mass is 35.5. The maximum absolute atomic E-state index is 13.9. The summed E-state index contributed by atoms with van der Waals surface area (Å²) in [7, 11) is -2.81. The SMILES string of the molecule is COc1cc(Cl)c(-n2c(=O)[nH]c3c(C)cc(C(=O)O)nc32)cc1S(=O)(=O)N1CCCc2ccccc21. The first-order valence-electron chi connectivity index (χ1n) is 11.0. The van der Waals surface area contributed by atoms with Gasteiger partial charge < -0.3 is 14.8 Å². The van der Waals surface area contributed by atoms with Gasteiger partial charge in [0.2, 0.25) is 0 Å². The van der Waals surface area contributed by atoms with Crippen LogP contribution in [0.4, 0.5) is 5.69 Å². The van der Waals surface area contributed by atoms with E-state index in [1.165, 1.54) is 29.6 Å². The number of para-hydroxylation sites is 1. The number of methoxy groups -OCH3 is 1. The number of rotatable bonds is 5. The number of carbonyl (C=O) groups is 1. The number of pyridine rings is 1. The van der Waals surface area contributed by atoms with Gasteiger partial charge in [0.25, 0.3) is 10.0 Å². The normalized spacial score (nSPS) is 13.6. The number of aromatic amines is 1. The number of hydrogen-bond acceptors (Lipinski definition) is 6. The highest BCUT2D eigenvalue weighted by molar-refractivity contribution is 7.93. The molecule has 2 aromatic heterocycles. The summed E-state index contributed by atoms with van der Waals surface area (Å²) in [5, 5.41) is 9.47. The molecule has 10 nitrogen and oxygen atoms in total. The van der Waals surface area contributed by atoms with Gasteiger partial charge in [0.05, 0.1) is 29.0 Å². The summed E-state index contributed by atoms with van der Waals surface area (Å²) in [6, 6.07) is 11.2. The second-order valence-electron chi connectivity index (χ2n) is 8.36. The zero-order chi connectivity index (χ0) is 25.8. The van der Waals surface area contributed by atoms with Crippen LogP contribution in [0.5, 0.6) is 5.75 Å². The van der Waals surface area contributed by atoms with Gasteiger partial charge in [-0.25, -0.2) is 27.6 Å². The molecule has 0 saturated carbocycles. The third-order valence-electron chi connectivity index (χ3n) is 6.17. The first kappa shape index (κ1) is 23.9. The fourth-order valence-corrected chi connectivity index (χ4v) is 6.43. The summed E-state index contributed by atoms with van der Waals surface area (Å²) in [6.45, 7) is 1.91. The number of imidazole rings is 1. The zero-order valence-electron chi connectivity index (χ0n) is 19.3. The van der Waals surface area contributed by atoms with Crippen LogP contribution in [0.2, 0.25) is 5.02 Å². The molecule has 0 bridgehead atoms. The van der Waals surface area contributed by atoms with E-state index in [0.29, 0.717) is 23.2 Å². The number of sulfonamides is 1. The van der Waals surface area contributed by atoms with Gasteiger partial charge in [-0.2, -0.15) is 0 Å². The molecule has 0 fully saturated rings. The maximum atomic E-state index is 13.9. The van der Waals surface area contributed by atoms with Gasteiger partial charge in [-0.15, -0.1) is 0 Å². The van der Waals surface area contributed by atoms with Gasteiger partial charge in [-0.1, -0.05) is 29.8 Å². The summed E-state index contributed by atoms with van der Waals surface area (Å²) in [4.78, 5) is 31.1. The van der Waals surface area contributed by atoms with E-state index >= 15 is 0 Å². The van der Waals surface area contributed by atoms with Crippen molar-refractivity contribution in [3.63, 3.8) is 0 Å². The van der Waals surface area contributed by atoms with E-state index in [0.717, 1.165) is 16.6 Å². The Morgan fingerprint density at radius 1 is 1.19 bits per heavy atom. The van der Waals surface area contributed by atoms with E-state index in [-0.39, 0.29) is 39.2 Å². The van der Waals surface area contributed by atoms with Crippen molar-refractivity contribution in [1.82, 2.24) is 14.5 Å². The number of hydrogen-bond donors (Lipinski definition) is 2. The van der Waals surface area contributed by atoms with Crippen LogP contribution in [-0.2, 0) is 16.4 Å². The third kappa shape index (κ3) is 3.71. The second-order valence-corrected chi connectivity index (χ2v) is 10.6. The van der Waals surface area contributed by atoms with Crippen LogP contribution in [0.15, 0.2) is 52.2 Å². The lowest BCUT2D eigenvalue weighted by Gasteiger charge is -2.31. The number of aromatic carboxylic acids is 1. The fraction of sp³-hybridized carbons (Fsp3) is 0.208. The topological polar surface area (TPSA) is 135 Å². The molecule has 0 saturated heterocycles. The lowest BCUT2D eigenvalue weighted by molar-refractivity contribution is 0.0690. The maximum Gasteiger partial charge on any atom is 0.354 e. The third-order valence-corrected chi connectivity index (χ3v) is 8.31. The minimum Gasteiger partial charge on any atom is -0.495 e. The number of aryl methyl sites for hydroxylation is 2. The van der Waals surface area contributed by atoms with Gasteiger partial charge in [0, 0.05) is 12.6 Å². The number of ether oxygens (including phenoxy) is 1. The molecule has 0 atom stereocenters. The first-order valence-corrected chi connectivity index (χ1v) is 12.8. The molecule has 5 rings (SSSR count). The van der Waals surface area contributed by atoms with E-state index in [2.05, 4.69) is 9.97 Å². The summed E-state index contributed by atoms with van der Waals surface area (Å²) < 4.78 is 35.6. The minimum absolute atomic E-state index is 0.00931. The number of nitrogens with zero attached hydrogens (tertiary/aromatic N) is 3. The van der Waals surface area contributed by atoms with Crippen molar-refractivity contribution in [3.05, 3.63) is 74.8 Å². The molecule has 186 valence electrons. The Balaban J connectivity index is 1.76. The standard InChI is InChI=1S/C24H21ClN4O6S/c1-13-10-16(23(30)31)26-22-21(13)27-24(32)29(22)18-12-20(19(35-2)11-15(18)25)36(33,34)28-9-5-7-14-6-3-4-8-17(14)28/h3-4,6,8,10-12H,5,7,9H2,1-2H3,(H,27,32)(H,30,31). The molecule has 3 heterocycles. The van der Waals surface area contributed by atoms with Crippen LogP contribution in [0.3, 0.4) is 0 Å². The lowest BCUT2D eigenvalue weighted by Crippen LogP contribution is -2.35. The number of carboxylic acid groups (broad SMARTS) is 1. The number of nitrogens with one attached hydrogen (secondary N) is 1. The zero-order valence-corrected chi connectivity index (χ0v) is 20.9. The molecule has 36 heavy (non-hydrogen) atoms. The van der Waals surface area contributed by atoms with Crippen LogP contribution in [0.25, 0.3) is 16.9 Å². The Morgan fingerprint density at radius 2 is 1.94 bits per heavy atom. The summed E-state index contributed by atoms with van der Waals surface area (Å²) in [5.74, 6) is -1.26. The number of halogens is 1. The predicted octanol–water partition coefficient (Wildman–Crippen LogP) is 3.52. The van der Waals surface area contributed by atoms with E-state index in [9.17, 15) is 23.1 Å². The van der Waals surface area contributed by atoms with Crippen molar-refractivity contribution in [2.45, 2.75) is 24.7 Å². The quantitative estimate of drug-likeness (QED) is 0.404. The molecule has 0 radical (unpaired) electrons.